The number of pyridine rings is 1. The van der Waals surface area contributed by atoms with E-state index in [1.165, 1.54) is 4.90 Å². The summed E-state index contributed by atoms with van der Waals surface area (Å²) in [4.78, 5) is 30.5. The van der Waals surface area contributed by atoms with E-state index in [1.807, 2.05) is 24.3 Å². The molecule has 24 heavy (non-hydrogen) atoms. The van der Waals surface area contributed by atoms with E-state index < -0.39 is 0 Å². The Bertz CT molecular complexity index is 844. The molecule has 1 amide bonds. The highest BCUT2D eigenvalue weighted by molar-refractivity contribution is 6.10. The molecular weight excluding hydrogens is 300 g/mol. The van der Waals surface area contributed by atoms with E-state index in [-0.39, 0.29) is 11.7 Å². The third kappa shape index (κ3) is 3.22. The fourth-order valence-corrected chi connectivity index (χ4v) is 2.37. The maximum absolute atomic E-state index is 12.5. The quantitative estimate of drug-likeness (QED) is 0.691. The summed E-state index contributed by atoms with van der Waals surface area (Å²) in [6.07, 6.45) is 1.64. The lowest BCUT2D eigenvalue weighted by molar-refractivity contribution is 0.0989. The zero-order valence-corrected chi connectivity index (χ0v) is 13.2. The number of benzene rings is 2. The number of carbonyl (C=O) groups excluding carboxylic acids is 2. The number of anilines is 1. The SMILES string of the molecule is CN(C(=O)c1ccc(C(=O)c2ccccc2)cc1)c1ccccn1. The first-order valence-corrected chi connectivity index (χ1v) is 7.56. The molecule has 0 spiro atoms. The second-order valence-electron chi connectivity index (χ2n) is 5.32. The third-order valence-electron chi connectivity index (χ3n) is 3.73. The maximum Gasteiger partial charge on any atom is 0.259 e. The van der Waals surface area contributed by atoms with E-state index in [0.717, 1.165) is 0 Å². The van der Waals surface area contributed by atoms with Crippen molar-refractivity contribution in [2.24, 2.45) is 0 Å². The molecule has 0 aliphatic heterocycles. The van der Waals surface area contributed by atoms with Crippen molar-refractivity contribution in [2.75, 3.05) is 11.9 Å². The van der Waals surface area contributed by atoms with Crippen LogP contribution in [0.3, 0.4) is 0 Å². The Kier molecular flexibility index (Phi) is 4.47. The monoisotopic (exact) mass is 316 g/mol. The van der Waals surface area contributed by atoms with Crippen molar-refractivity contribution in [3.63, 3.8) is 0 Å². The van der Waals surface area contributed by atoms with Gasteiger partial charge in [-0.1, -0.05) is 48.5 Å². The Morgan fingerprint density at radius 2 is 1.33 bits per heavy atom. The van der Waals surface area contributed by atoms with Crippen molar-refractivity contribution in [3.8, 4) is 0 Å². The molecule has 0 aliphatic rings. The van der Waals surface area contributed by atoms with E-state index in [2.05, 4.69) is 4.98 Å². The minimum atomic E-state index is -0.174. The summed E-state index contributed by atoms with van der Waals surface area (Å²) in [6.45, 7) is 0. The third-order valence-corrected chi connectivity index (χ3v) is 3.73. The Balaban J connectivity index is 1.79. The standard InChI is InChI=1S/C20H16N2O2/c1-22(18-9-5-6-14-21-18)20(24)17-12-10-16(11-13-17)19(23)15-7-3-2-4-8-15/h2-14H,1H3. The lowest BCUT2D eigenvalue weighted by atomic mass is 10.0. The van der Waals surface area contributed by atoms with Crippen molar-refractivity contribution < 1.29 is 9.59 Å². The number of hydrogen-bond donors (Lipinski definition) is 0. The van der Waals surface area contributed by atoms with Gasteiger partial charge in [-0.05, 0) is 24.3 Å². The number of hydrogen-bond acceptors (Lipinski definition) is 3. The van der Waals surface area contributed by atoms with Crippen LogP contribution >= 0.6 is 0 Å². The molecule has 0 unspecified atom stereocenters. The molecule has 0 radical (unpaired) electrons. The fourth-order valence-electron chi connectivity index (χ4n) is 2.37. The summed E-state index contributed by atoms with van der Waals surface area (Å²) in [5.41, 5.74) is 1.69. The Labute approximate surface area is 140 Å². The van der Waals surface area contributed by atoms with Gasteiger partial charge in [0.1, 0.15) is 5.82 Å². The number of nitrogens with zero attached hydrogens (tertiary/aromatic N) is 2. The van der Waals surface area contributed by atoms with Crippen LogP contribution in [-0.4, -0.2) is 23.7 Å². The Morgan fingerprint density at radius 3 is 1.96 bits per heavy atom. The van der Waals surface area contributed by atoms with Gasteiger partial charge in [-0.15, -0.1) is 0 Å². The smallest absolute Gasteiger partial charge is 0.259 e. The maximum atomic E-state index is 12.5. The van der Waals surface area contributed by atoms with Crippen LogP contribution in [0.1, 0.15) is 26.3 Å². The largest absolute Gasteiger partial charge is 0.296 e. The van der Waals surface area contributed by atoms with Crippen LogP contribution in [0.2, 0.25) is 0 Å². The van der Waals surface area contributed by atoms with E-state index in [4.69, 9.17) is 0 Å². The van der Waals surface area contributed by atoms with Gasteiger partial charge >= 0.3 is 0 Å². The van der Waals surface area contributed by atoms with Crippen LogP contribution in [0.4, 0.5) is 5.82 Å². The highest BCUT2D eigenvalue weighted by atomic mass is 16.2. The molecule has 0 saturated carbocycles. The molecule has 0 bridgehead atoms. The van der Waals surface area contributed by atoms with E-state index >= 15 is 0 Å². The lowest BCUT2D eigenvalue weighted by Crippen LogP contribution is -2.27. The summed E-state index contributed by atoms with van der Waals surface area (Å²) >= 11 is 0. The van der Waals surface area contributed by atoms with Gasteiger partial charge in [0.15, 0.2) is 5.78 Å². The van der Waals surface area contributed by atoms with Crippen LogP contribution < -0.4 is 4.90 Å². The minimum Gasteiger partial charge on any atom is -0.296 e. The zero-order valence-electron chi connectivity index (χ0n) is 13.2. The lowest BCUT2D eigenvalue weighted by Gasteiger charge is -2.16. The topological polar surface area (TPSA) is 50.3 Å². The highest BCUT2D eigenvalue weighted by Gasteiger charge is 2.15. The molecular formula is C20H16N2O2. The van der Waals surface area contributed by atoms with Gasteiger partial charge in [0, 0.05) is 29.9 Å². The van der Waals surface area contributed by atoms with Crippen LogP contribution in [-0.2, 0) is 0 Å². The summed E-state index contributed by atoms with van der Waals surface area (Å²) in [6, 6.07) is 21.1. The Morgan fingerprint density at radius 1 is 0.750 bits per heavy atom. The first kappa shape index (κ1) is 15.6. The molecule has 0 fully saturated rings. The number of amides is 1. The molecule has 3 aromatic rings. The highest BCUT2D eigenvalue weighted by Crippen LogP contribution is 2.15. The molecule has 0 aliphatic carbocycles. The zero-order chi connectivity index (χ0) is 16.9. The molecule has 0 N–H and O–H groups in total. The number of aromatic nitrogens is 1. The molecule has 1 aromatic heterocycles. The average molecular weight is 316 g/mol. The van der Waals surface area contributed by atoms with E-state index in [1.54, 1.807) is 61.8 Å². The predicted octanol–water partition coefficient (Wildman–Crippen LogP) is 3.59. The molecule has 3 rings (SSSR count). The van der Waals surface area contributed by atoms with Crippen molar-refractivity contribution in [2.45, 2.75) is 0 Å². The van der Waals surface area contributed by atoms with Crippen molar-refractivity contribution in [1.29, 1.82) is 0 Å². The number of ketones is 1. The van der Waals surface area contributed by atoms with Gasteiger partial charge < -0.3 is 0 Å². The van der Waals surface area contributed by atoms with Crippen LogP contribution in [0.25, 0.3) is 0 Å². The number of rotatable bonds is 4. The molecule has 118 valence electrons. The summed E-state index contributed by atoms with van der Waals surface area (Å²) in [5, 5.41) is 0. The summed E-state index contributed by atoms with van der Waals surface area (Å²) < 4.78 is 0. The molecule has 0 saturated heterocycles. The van der Waals surface area contributed by atoms with Gasteiger partial charge in [-0.3, -0.25) is 14.5 Å². The summed E-state index contributed by atoms with van der Waals surface area (Å²) in [7, 11) is 1.67. The van der Waals surface area contributed by atoms with Crippen molar-refractivity contribution in [3.05, 3.63) is 95.7 Å². The van der Waals surface area contributed by atoms with Gasteiger partial charge in [0.2, 0.25) is 0 Å². The van der Waals surface area contributed by atoms with Crippen LogP contribution in [0, 0.1) is 0 Å². The minimum absolute atomic E-state index is 0.0623. The number of carbonyl (C=O) groups is 2. The fraction of sp³-hybridized carbons (Fsp3) is 0.0500. The van der Waals surface area contributed by atoms with Crippen LogP contribution in [0.15, 0.2) is 79.0 Å². The molecule has 4 heteroatoms. The molecule has 4 nitrogen and oxygen atoms in total. The van der Waals surface area contributed by atoms with Crippen molar-refractivity contribution in [1.82, 2.24) is 4.98 Å². The van der Waals surface area contributed by atoms with E-state index in [9.17, 15) is 9.59 Å². The van der Waals surface area contributed by atoms with Crippen molar-refractivity contribution >= 4 is 17.5 Å². The normalized spacial score (nSPS) is 10.2. The molecule has 2 aromatic carbocycles. The molecule has 1 heterocycles. The van der Waals surface area contributed by atoms with Crippen LogP contribution in [0.5, 0.6) is 0 Å². The second-order valence-corrected chi connectivity index (χ2v) is 5.32. The Hall–Kier alpha value is -3.27. The first-order chi connectivity index (χ1) is 11.7. The van der Waals surface area contributed by atoms with Gasteiger partial charge in [-0.2, -0.15) is 0 Å². The average Bonchev–Trinajstić information content (AvgIpc) is 2.68. The molecule has 0 atom stereocenters. The second kappa shape index (κ2) is 6.87. The first-order valence-electron chi connectivity index (χ1n) is 7.56. The van der Waals surface area contributed by atoms with Gasteiger partial charge in [0.05, 0.1) is 0 Å². The van der Waals surface area contributed by atoms with Gasteiger partial charge in [-0.25, -0.2) is 4.98 Å². The van der Waals surface area contributed by atoms with E-state index in [0.29, 0.717) is 22.5 Å². The van der Waals surface area contributed by atoms with Gasteiger partial charge in [0.25, 0.3) is 5.91 Å². The summed E-state index contributed by atoms with van der Waals surface area (Å²) in [5.74, 6) is 0.340. The predicted molar refractivity (Wildman–Crippen MR) is 93.3 cm³/mol.